The van der Waals surface area contributed by atoms with Gasteiger partial charge in [-0.3, -0.25) is 9.36 Å². The van der Waals surface area contributed by atoms with E-state index < -0.39 is 0 Å². The zero-order valence-electron chi connectivity index (χ0n) is 19.8. The van der Waals surface area contributed by atoms with E-state index in [2.05, 4.69) is 69.6 Å². The first kappa shape index (κ1) is 25.5. The van der Waals surface area contributed by atoms with Crippen LogP contribution in [0, 0.1) is 6.92 Å². The Morgan fingerprint density at radius 3 is 2.40 bits per heavy atom. The maximum absolute atomic E-state index is 12.9. The Morgan fingerprint density at radius 2 is 1.74 bits per heavy atom. The van der Waals surface area contributed by atoms with E-state index in [-0.39, 0.29) is 11.7 Å². The summed E-state index contributed by atoms with van der Waals surface area (Å²) in [5.41, 5.74) is 6.09. The molecule has 5 nitrogen and oxygen atoms in total. The SMILES string of the molecule is CCc1ccc(-n2c(SCC(=O)Nc3c(C)cc(Br)cc3CC)nnc2-c2ccc(Cl)cc2)cc1. The average Bonchev–Trinajstić information content (AvgIpc) is 3.28. The van der Waals surface area contributed by atoms with Gasteiger partial charge in [0.25, 0.3) is 0 Å². The highest BCUT2D eigenvalue weighted by Gasteiger charge is 2.18. The zero-order chi connectivity index (χ0) is 24.9. The van der Waals surface area contributed by atoms with Gasteiger partial charge in [0.05, 0.1) is 5.75 Å². The number of hydrogen-bond donors (Lipinski definition) is 1. The summed E-state index contributed by atoms with van der Waals surface area (Å²) in [6.45, 7) is 6.21. The number of amides is 1. The highest BCUT2D eigenvalue weighted by atomic mass is 79.9. The molecule has 1 aromatic heterocycles. The molecular weight excluding hydrogens is 544 g/mol. The molecule has 0 aliphatic heterocycles. The van der Waals surface area contributed by atoms with E-state index in [0.717, 1.165) is 45.4 Å². The number of benzene rings is 3. The molecule has 8 heteroatoms. The van der Waals surface area contributed by atoms with Crippen molar-refractivity contribution in [3.63, 3.8) is 0 Å². The van der Waals surface area contributed by atoms with Crippen LogP contribution in [-0.4, -0.2) is 26.4 Å². The number of nitrogens with one attached hydrogen (secondary N) is 1. The molecule has 35 heavy (non-hydrogen) atoms. The fourth-order valence-corrected chi connectivity index (χ4v) is 5.34. The molecule has 0 unspecified atom stereocenters. The molecule has 1 heterocycles. The summed E-state index contributed by atoms with van der Waals surface area (Å²) in [6, 6.07) is 19.9. The molecule has 0 bridgehead atoms. The molecule has 4 rings (SSSR count). The van der Waals surface area contributed by atoms with Crippen LogP contribution in [0.25, 0.3) is 17.1 Å². The van der Waals surface area contributed by atoms with E-state index >= 15 is 0 Å². The molecular formula is C27H26BrClN4OS. The number of carbonyl (C=O) groups is 1. The van der Waals surface area contributed by atoms with Crippen molar-refractivity contribution in [3.8, 4) is 17.1 Å². The number of hydrogen-bond acceptors (Lipinski definition) is 4. The lowest BCUT2D eigenvalue weighted by Crippen LogP contribution is -2.16. The lowest BCUT2D eigenvalue weighted by molar-refractivity contribution is -0.113. The maximum Gasteiger partial charge on any atom is 0.234 e. The van der Waals surface area contributed by atoms with Crippen LogP contribution in [0.2, 0.25) is 5.02 Å². The molecule has 0 radical (unpaired) electrons. The first-order valence-corrected chi connectivity index (χ1v) is 13.6. The largest absolute Gasteiger partial charge is 0.325 e. The van der Waals surface area contributed by atoms with Gasteiger partial charge in [0, 0.05) is 26.4 Å². The summed E-state index contributed by atoms with van der Waals surface area (Å²) in [6.07, 6.45) is 1.79. The number of halogens is 2. The van der Waals surface area contributed by atoms with Crippen LogP contribution in [0.1, 0.15) is 30.5 Å². The summed E-state index contributed by atoms with van der Waals surface area (Å²) in [7, 11) is 0. The first-order valence-electron chi connectivity index (χ1n) is 11.4. The third-order valence-corrected chi connectivity index (χ3v) is 7.34. The Labute approximate surface area is 223 Å². The van der Waals surface area contributed by atoms with E-state index in [9.17, 15) is 4.79 Å². The van der Waals surface area contributed by atoms with E-state index in [1.807, 2.05) is 47.9 Å². The molecule has 0 saturated carbocycles. The third kappa shape index (κ3) is 5.97. The van der Waals surface area contributed by atoms with Crippen LogP contribution in [0.15, 0.2) is 70.3 Å². The van der Waals surface area contributed by atoms with Gasteiger partial charge < -0.3 is 5.32 Å². The maximum atomic E-state index is 12.9. The summed E-state index contributed by atoms with van der Waals surface area (Å²) >= 11 is 11.0. The van der Waals surface area contributed by atoms with Gasteiger partial charge in [-0.1, -0.05) is 65.3 Å². The van der Waals surface area contributed by atoms with Gasteiger partial charge in [-0.05, 0) is 85.0 Å². The zero-order valence-corrected chi connectivity index (χ0v) is 23.0. The summed E-state index contributed by atoms with van der Waals surface area (Å²) in [4.78, 5) is 12.9. The molecule has 180 valence electrons. The van der Waals surface area contributed by atoms with Gasteiger partial charge >= 0.3 is 0 Å². The molecule has 0 atom stereocenters. The molecule has 1 amide bonds. The number of aromatic nitrogens is 3. The Bertz CT molecular complexity index is 1340. The van der Waals surface area contributed by atoms with E-state index in [0.29, 0.717) is 16.0 Å². The fourth-order valence-electron chi connectivity index (χ4n) is 3.84. The molecule has 0 spiro atoms. The summed E-state index contributed by atoms with van der Waals surface area (Å²) in [5.74, 6) is 0.828. The number of nitrogens with zero attached hydrogens (tertiary/aromatic N) is 3. The Morgan fingerprint density at radius 1 is 1.03 bits per heavy atom. The predicted octanol–water partition coefficient (Wildman–Crippen LogP) is 7.51. The van der Waals surface area contributed by atoms with Gasteiger partial charge in [-0.25, -0.2) is 0 Å². The molecule has 0 saturated heterocycles. The van der Waals surface area contributed by atoms with Gasteiger partial charge in [0.15, 0.2) is 11.0 Å². The molecule has 0 aliphatic rings. The summed E-state index contributed by atoms with van der Waals surface area (Å²) < 4.78 is 3.00. The quantitative estimate of drug-likeness (QED) is 0.223. The highest BCUT2D eigenvalue weighted by molar-refractivity contribution is 9.10. The minimum absolute atomic E-state index is 0.0842. The minimum atomic E-state index is -0.0842. The number of anilines is 1. The molecule has 3 aromatic carbocycles. The molecule has 0 aliphatic carbocycles. The monoisotopic (exact) mass is 568 g/mol. The van der Waals surface area contributed by atoms with Gasteiger partial charge in [0.2, 0.25) is 5.91 Å². The minimum Gasteiger partial charge on any atom is -0.325 e. The standard InChI is InChI=1S/C27H26BrClN4OS/c1-4-18-6-12-23(13-7-18)33-26(20-8-10-22(29)11-9-20)31-32-27(33)35-16-24(34)30-25-17(3)14-21(28)15-19(25)5-2/h6-15H,4-5,16H2,1-3H3,(H,30,34). The van der Waals surface area contributed by atoms with Crippen molar-refractivity contribution in [2.75, 3.05) is 11.1 Å². The van der Waals surface area contributed by atoms with Gasteiger partial charge in [0.1, 0.15) is 0 Å². The highest BCUT2D eigenvalue weighted by Crippen LogP contribution is 2.30. The van der Waals surface area contributed by atoms with Crippen molar-refractivity contribution >= 4 is 50.9 Å². The number of carbonyl (C=O) groups excluding carboxylic acids is 1. The van der Waals surface area contributed by atoms with Gasteiger partial charge in [-0.15, -0.1) is 10.2 Å². The molecule has 1 N–H and O–H groups in total. The topological polar surface area (TPSA) is 59.8 Å². The van der Waals surface area contributed by atoms with Crippen LogP contribution in [0.3, 0.4) is 0 Å². The van der Waals surface area contributed by atoms with Crippen molar-refractivity contribution in [2.45, 2.75) is 38.8 Å². The first-order chi connectivity index (χ1) is 16.9. The van der Waals surface area contributed by atoms with E-state index in [4.69, 9.17) is 11.6 Å². The predicted molar refractivity (Wildman–Crippen MR) is 149 cm³/mol. The van der Waals surface area contributed by atoms with Crippen molar-refractivity contribution < 1.29 is 4.79 Å². The second-order valence-electron chi connectivity index (χ2n) is 8.12. The van der Waals surface area contributed by atoms with Gasteiger partial charge in [-0.2, -0.15) is 0 Å². The Balaban J connectivity index is 1.61. The smallest absolute Gasteiger partial charge is 0.234 e. The third-order valence-electron chi connectivity index (χ3n) is 5.70. The number of thioether (sulfide) groups is 1. The lowest BCUT2D eigenvalue weighted by Gasteiger charge is -2.14. The molecule has 4 aromatic rings. The average molecular weight is 570 g/mol. The Kier molecular flexibility index (Phi) is 8.31. The normalized spacial score (nSPS) is 11.0. The van der Waals surface area contributed by atoms with Crippen LogP contribution < -0.4 is 5.32 Å². The lowest BCUT2D eigenvalue weighted by atomic mass is 10.1. The van der Waals surface area contributed by atoms with Crippen LogP contribution in [0.4, 0.5) is 5.69 Å². The molecule has 0 fully saturated rings. The van der Waals surface area contributed by atoms with Crippen molar-refractivity contribution in [1.29, 1.82) is 0 Å². The Hall–Kier alpha value is -2.61. The number of aryl methyl sites for hydroxylation is 3. The van der Waals surface area contributed by atoms with Crippen LogP contribution >= 0.6 is 39.3 Å². The van der Waals surface area contributed by atoms with Crippen molar-refractivity contribution in [3.05, 3.63) is 86.8 Å². The van der Waals surface area contributed by atoms with Crippen LogP contribution in [-0.2, 0) is 17.6 Å². The van der Waals surface area contributed by atoms with E-state index in [1.54, 1.807) is 0 Å². The van der Waals surface area contributed by atoms with Crippen molar-refractivity contribution in [1.82, 2.24) is 14.8 Å². The number of rotatable bonds is 8. The van der Waals surface area contributed by atoms with E-state index in [1.165, 1.54) is 17.3 Å². The van der Waals surface area contributed by atoms with Crippen molar-refractivity contribution in [2.24, 2.45) is 0 Å². The fraction of sp³-hybridized carbons (Fsp3) is 0.222. The van der Waals surface area contributed by atoms with Crippen LogP contribution in [0.5, 0.6) is 0 Å². The second-order valence-corrected chi connectivity index (χ2v) is 10.4. The summed E-state index contributed by atoms with van der Waals surface area (Å²) in [5, 5.41) is 13.3. The second kappa shape index (κ2) is 11.4.